The van der Waals surface area contributed by atoms with Crippen molar-refractivity contribution in [3.05, 3.63) is 69.7 Å². The molecule has 0 saturated heterocycles. The molecule has 0 aliphatic carbocycles. The SMILES string of the molecule is Clc1cccc(C=NN=Cc2ccccc2)c1Cl. The van der Waals surface area contributed by atoms with Gasteiger partial charge in [-0.1, -0.05) is 65.7 Å². The lowest BCUT2D eigenvalue weighted by atomic mass is 10.2. The van der Waals surface area contributed by atoms with Gasteiger partial charge in [0.1, 0.15) is 0 Å². The third-order valence-corrected chi connectivity index (χ3v) is 3.08. The van der Waals surface area contributed by atoms with E-state index in [0.717, 1.165) is 11.1 Å². The molecule has 2 rings (SSSR count). The van der Waals surface area contributed by atoms with Crippen LogP contribution in [-0.2, 0) is 0 Å². The topological polar surface area (TPSA) is 24.7 Å². The second kappa shape index (κ2) is 6.34. The van der Waals surface area contributed by atoms with E-state index in [9.17, 15) is 0 Å². The summed E-state index contributed by atoms with van der Waals surface area (Å²) in [5, 5.41) is 8.88. The van der Waals surface area contributed by atoms with Gasteiger partial charge in [-0.3, -0.25) is 0 Å². The summed E-state index contributed by atoms with van der Waals surface area (Å²) in [7, 11) is 0. The Morgan fingerprint density at radius 2 is 1.50 bits per heavy atom. The molecular weight excluding hydrogens is 267 g/mol. The van der Waals surface area contributed by atoms with Crippen molar-refractivity contribution >= 4 is 35.6 Å². The quantitative estimate of drug-likeness (QED) is 0.585. The molecule has 2 nitrogen and oxygen atoms in total. The molecule has 4 heteroatoms. The van der Waals surface area contributed by atoms with Crippen molar-refractivity contribution in [3.63, 3.8) is 0 Å². The Labute approximate surface area is 116 Å². The van der Waals surface area contributed by atoms with E-state index in [1.165, 1.54) is 0 Å². The summed E-state index contributed by atoms with van der Waals surface area (Å²) in [6.07, 6.45) is 3.25. The van der Waals surface area contributed by atoms with Crippen molar-refractivity contribution in [1.29, 1.82) is 0 Å². The normalized spacial score (nSPS) is 11.4. The average Bonchev–Trinajstić information content (AvgIpc) is 2.40. The molecule has 2 aromatic rings. The van der Waals surface area contributed by atoms with Gasteiger partial charge in [0.05, 0.1) is 22.5 Å². The summed E-state index contributed by atoms with van der Waals surface area (Å²) >= 11 is 11.9. The molecule has 0 spiro atoms. The minimum Gasteiger partial charge on any atom is -0.159 e. The van der Waals surface area contributed by atoms with Crippen molar-refractivity contribution < 1.29 is 0 Å². The van der Waals surface area contributed by atoms with Gasteiger partial charge < -0.3 is 0 Å². The molecule has 0 fully saturated rings. The van der Waals surface area contributed by atoms with Crippen LogP contribution in [0.4, 0.5) is 0 Å². The predicted octanol–water partition coefficient (Wildman–Crippen LogP) is 4.45. The fraction of sp³-hybridized carbons (Fsp3) is 0. The van der Waals surface area contributed by atoms with Gasteiger partial charge in [0.15, 0.2) is 0 Å². The van der Waals surface area contributed by atoms with Crippen LogP contribution >= 0.6 is 23.2 Å². The van der Waals surface area contributed by atoms with Gasteiger partial charge in [-0.05, 0) is 11.6 Å². The molecule has 0 amide bonds. The van der Waals surface area contributed by atoms with Gasteiger partial charge in [-0.15, -0.1) is 0 Å². The highest BCUT2D eigenvalue weighted by atomic mass is 35.5. The first-order valence-corrected chi connectivity index (χ1v) is 6.08. The van der Waals surface area contributed by atoms with Crippen molar-refractivity contribution in [2.75, 3.05) is 0 Å². The summed E-state index contributed by atoms with van der Waals surface area (Å²) in [5.41, 5.74) is 1.74. The number of hydrogen-bond donors (Lipinski definition) is 0. The van der Waals surface area contributed by atoms with Crippen LogP contribution in [0.15, 0.2) is 58.7 Å². The maximum Gasteiger partial charge on any atom is 0.0680 e. The largest absolute Gasteiger partial charge is 0.159 e. The summed E-state index contributed by atoms with van der Waals surface area (Å²) in [5.74, 6) is 0. The van der Waals surface area contributed by atoms with Crippen LogP contribution in [-0.4, -0.2) is 12.4 Å². The highest BCUT2D eigenvalue weighted by Gasteiger charge is 2.00. The standard InChI is InChI=1S/C14H10Cl2N2/c15-13-8-4-7-12(14(13)16)10-18-17-9-11-5-2-1-3-6-11/h1-10H. The highest BCUT2D eigenvalue weighted by molar-refractivity contribution is 6.43. The summed E-state index contributed by atoms with van der Waals surface area (Å²) < 4.78 is 0. The van der Waals surface area contributed by atoms with Crippen LogP contribution < -0.4 is 0 Å². The Morgan fingerprint density at radius 3 is 2.28 bits per heavy atom. The number of rotatable bonds is 3. The zero-order valence-electron chi connectivity index (χ0n) is 9.42. The zero-order chi connectivity index (χ0) is 12.8. The van der Waals surface area contributed by atoms with Gasteiger partial charge in [-0.25, -0.2) is 0 Å². The van der Waals surface area contributed by atoms with Crippen LogP contribution in [0.5, 0.6) is 0 Å². The van der Waals surface area contributed by atoms with E-state index in [-0.39, 0.29) is 0 Å². The first kappa shape index (κ1) is 12.8. The molecule has 90 valence electrons. The summed E-state index contributed by atoms with van der Waals surface area (Å²) in [4.78, 5) is 0. The second-order valence-corrected chi connectivity index (χ2v) is 4.33. The fourth-order valence-corrected chi connectivity index (χ4v) is 1.71. The highest BCUT2D eigenvalue weighted by Crippen LogP contribution is 2.24. The molecule has 0 aliphatic heterocycles. The molecule has 18 heavy (non-hydrogen) atoms. The van der Waals surface area contributed by atoms with Crippen molar-refractivity contribution in [3.8, 4) is 0 Å². The van der Waals surface area contributed by atoms with Crippen LogP contribution in [0.3, 0.4) is 0 Å². The number of benzene rings is 2. The van der Waals surface area contributed by atoms with E-state index in [1.54, 1.807) is 18.5 Å². The molecule has 0 radical (unpaired) electrons. The number of nitrogens with zero attached hydrogens (tertiary/aromatic N) is 2. The van der Waals surface area contributed by atoms with Gasteiger partial charge in [-0.2, -0.15) is 10.2 Å². The summed E-state index contributed by atoms with van der Waals surface area (Å²) in [6, 6.07) is 15.1. The minimum absolute atomic E-state index is 0.484. The van der Waals surface area contributed by atoms with Crippen molar-refractivity contribution in [1.82, 2.24) is 0 Å². The molecule has 0 bridgehead atoms. The minimum atomic E-state index is 0.484. The molecule has 0 atom stereocenters. The molecule has 0 aliphatic rings. The molecular formula is C14H10Cl2N2. The number of hydrogen-bond acceptors (Lipinski definition) is 2. The van der Waals surface area contributed by atoms with Gasteiger partial charge in [0.2, 0.25) is 0 Å². The van der Waals surface area contributed by atoms with E-state index in [2.05, 4.69) is 10.2 Å². The third-order valence-electron chi connectivity index (χ3n) is 2.25. The first-order chi connectivity index (χ1) is 8.77. The molecule has 0 saturated carbocycles. The molecule has 0 unspecified atom stereocenters. The molecule has 0 N–H and O–H groups in total. The fourth-order valence-electron chi connectivity index (χ4n) is 1.35. The maximum atomic E-state index is 6.01. The monoisotopic (exact) mass is 276 g/mol. The Morgan fingerprint density at radius 1 is 0.778 bits per heavy atom. The zero-order valence-corrected chi connectivity index (χ0v) is 10.9. The van der Waals surface area contributed by atoms with E-state index in [4.69, 9.17) is 23.2 Å². The van der Waals surface area contributed by atoms with Gasteiger partial charge in [0, 0.05) is 5.56 Å². The third kappa shape index (κ3) is 3.42. The molecule has 2 aromatic carbocycles. The average molecular weight is 277 g/mol. The number of halogens is 2. The maximum absolute atomic E-state index is 6.01. The smallest absolute Gasteiger partial charge is 0.0680 e. The van der Waals surface area contributed by atoms with Gasteiger partial charge in [0.25, 0.3) is 0 Å². The van der Waals surface area contributed by atoms with Gasteiger partial charge >= 0.3 is 0 Å². The van der Waals surface area contributed by atoms with Crippen LogP contribution in [0.25, 0.3) is 0 Å². The van der Waals surface area contributed by atoms with Crippen molar-refractivity contribution in [2.24, 2.45) is 10.2 Å². The van der Waals surface area contributed by atoms with E-state index < -0.39 is 0 Å². The Kier molecular flexibility index (Phi) is 4.51. The first-order valence-electron chi connectivity index (χ1n) is 5.33. The van der Waals surface area contributed by atoms with E-state index in [0.29, 0.717) is 10.0 Å². The molecule has 0 aromatic heterocycles. The van der Waals surface area contributed by atoms with E-state index >= 15 is 0 Å². The van der Waals surface area contributed by atoms with E-state index in [1.807, 2.05) is 42.5 Å². The second-order valence-electron chi connectivity index (χ2n) is 3.54. The lowest BCUT2D eigenvalue weighted by Gasteiger charge is -1.97. The van der Waals surface area contributed by atoms with Crippen LogP contribution in [0.1, 0.15) is 11.1 Å². The lowest BCUT2D eigenvalue weighted by molar-refractivity contribution is 1.26. The van der Waals surface area contributed by atoms with Crippen molar-refractivity contribution in [2.45, 2.75) is 0 Å². The lowest BCUT2D eigenvalue weighted by Crippen LogP contribution is -1.83. The van der Waals surface area contributed by atoms with Crippen LogP contribution in [0, 0.1) is 0 Å². The Balaban J connectivity index is 2.08. The summed E-state index contributed by atoms with van der Waals surface area (Å²) in [6.45, 7) is 0. The molecule has 0 heterocycles. The Bertz CT molecular complexity index is 578. The van der Waals surface area contributed by atoms with Crippen LogP contribution in [0.2, 0.25) is 10.0 Å². The Hall–Kier alpha value is -1.64. The predicted molar refractivity (Wildman–Crippen MR) is 78.1 cm³/mol.